The minimum atomic E-state index is -0.724. The van der Waals surface area contributed by atoms with Crippen LogP contribution in [0.1, 0.15) is 44.2 Å². The second-order valence-electron chi connectivity index (χ2n) is 5.05. The molecule has 0 heterocycles. The van der Waals surface area contributed by atoms with Crippen molar-refractivity contribution in [2.24, 2.45) is 5.92 Å². The van der Waals surface area contributed by atoms with E-state index in [2.05, 4.69) is 13.8 Å². The molecule has 1 N–H and O–H groups in total. The molecular formula is C14H19FO. The van der Waals surface area contributed by atoms with E-state index in [1.54, 1.807) is 12.1 Å². The van der Waals surface area contributed by atoms with Crippen LogP contribution < -0.4 is 0 Å². The zero-order valence-electron chi connectivity index (χ0n) is 9.96. The fourth-order valence-electron chi connectivity index (χ4n) is 2.63. The summed E-state index contributed by atoms with van der Waals surface area (Å²) < 4.78 is 13.1. The summed E-state index contributed by atoms with van der Waals surface area (Å²) in [5.74, 6) is 0.299. The van der Waals surface area contributed by atoms with Crippen molar-refractivity contribution in [2.75, 3.05) is 0 Å². The average molecular weight is 222 g/mol. The molecule has 0 fully saturated rings. The molecule has 2 rings (SSSR count). The number of fused-ring (bicyclic) bond motifs is 1. The van der Waals surface area contributed by atoms with Crippen molar-refractivity contribution in [3.8, 4) is 0 Å². The van der Waals surface area contributed by atoms with Crippen LogP contribution in [0, 0.1) is 11.7 Å². The first-order chi connectivity index (χ1) is 7.55. The van der Waals surface area contributed by atoms with Crippen LogP contribution in [0.25, 0.3) is 0 Å². The van der Waals surface area contributed by atoms with Crippen LogP contribution in [0.15, 0.2) is 18.2 Å². The molecule has 0 bridgehead atoms. The molecule has 2 atom stereocenters. The minimum Gasteiger partial charge on any atom is -0.385 e. The van der Waals surface area contributed by atoms with Gasteiger partial charge in [0.05, 0.1) is 5.60 Å². The van der Waals surface area contributed by atoms with Crippen molar-refractivity contribution in [1.82, 2.24) is 0 Å². The van der Waals surface area contributed by atoms with Gasteiger partial charge in [-0.3, -0.25) is 0 Å². The van der Waals surface area contributed by atoms with Crippen LogP contribution in [0.4, 0.5) is 4.39 Å². The maximum atomic E-state index is 13.1. The predicted octanol–water partition coefficient (Wildman–Crippen LogP) is 3.40. The van der Waals surface area contributed by atoms with E-state index in [0.29, 0.717) is 5.92 Å². The molecule has 1 aromatic carbocycles. The Kier molecular flexibility index (Phi) is 3.02. The lowest BCUT2D eigenvalue weighted by Gasteiger charge is -2.27. The summed E-state index contributed by atoms with van der Waals surface area (Å²) in [4.78, 5) is 0. The Morgan fingerprint density at radius 2 is 2.25 bits per heavy atom. The second kappa shape index (κ2) is 4.17. The molecule has 0 aliphatic heterocycles. The van der Waals surface area contributed by atoms with Gasteiger partial charge in [0.1, 0.15) is 5.82 Å². The highest BCUT2D eigenvalue weighted by Crippen LogP contribution is 2.41. The molecule has 0 amide bonds. The first-order valence-electron chi connectivity index (χ1n) is 6.06. The summed E-state index contributed by atoms with van der Waals surface area (Å²) in [6, 6.07) is 4.76. The highest BCUT2D eigenvalue weighted by molar-refractivity contribution is 5.37. The summed E-state index contributed by atoms with van der Waals surface area (Å²) in [7, 11) is 0. The number of rotatable bonds is 3. The van der Waals surface area contributed by atoms with Gasteiger partial charge in [-0.25, -0.2) is 4.39 Å². The molecule has 0 aromatic heterocycles. The highest BCUT2D eigenvalue weighted by Gasteiger charge is 2.37. The topological polar surface area (TPSA) is 20.2 Å². The number of halogens is 1. The van der Waals surface area contributed by atoms with Crippen molar-refractivity contribution >= 4 is 0 Å². The van der Waals surface area contributed by atoms with Gasteiger partial charge >= 0.3 is 0 Å². The van der Waals surface area contributed by atoms with Crippen molar-refractivity contribution < 1.29 is 9.50 Å². The van der Waals surface area contributed by atoms with E-state index in [1.807, 2.05) is 0 Å². The Balaban J connectivity index is 2.28. The third-order valence-corrected chi connectivity index (χ3v) is 3.76. The molecule has 0 radical (unpaired) electrons. The maximum Gasteiger partial charge on any atom is 0.123 e. The normalized spacial score (nSPS) is 25.5. The van der Waals surface area contributed by atoms with Crippen LogP contribution in [0.3, 0.4) is 0 Å². The molecule has 0 spiro atoms. The Morgan fingerprint density at radius 3 is 2.94 bits per heavy atom. The zero-order valence-corrected chi connectivity index (χ0v) is 9.96. The molecule has 88 valence electrons. The van der Waals surface area contributed by atoms with E-state index in [1.165, 1.54) is 6.07 Å². The van der Waals surface area contributed by atoms with Gasteiger partial charge in [-0.05, 0) is 48.4 Å². The zero-order chi connectivity index (χ0) is 11.8. The van der Waals surface area contributed by atoms with Crippen LogP contribution >= 0.6 is 0 Å². The number of aryl methyl sites for hydroxylation is 1. The summed E-state index contributed by atoms with van der Waals surface area (Å²) in [6.07, 6.45) is 3.37. The molecule has 0 saturated carbocycles. The van der Waals surface area contributed by atoms with Gasteiger partial charge in [-0.15, -0.1) is 0 Å². The van der Waals surface area contributed by atoms with E-state index in [0.717, 1.165) is 36.8 Å². The lowest BCUT2D eigenvalue weighted by Crippen LogP contribution is -2.25. The van der Waals surface area contributed by atoms with E-state index in [-0.39, 0.29) is 5.82 Å². The second-order valence-corrected chi connectivity index (χ2v) is 5.05. The largest absolute Gasteiger partial charge is 0.385 e. The molecule has 16 heavy (non-hydrogen) atoms. The quantitative estimate of drug-likeness (QED) is 0.831. The lowest BCUT2D eigenvalue weighted by atomic mass is 9.85. The van der Waals surface area contributed by atoms with Crippen LogP contribution in [-0.2, 0) is 12.0 Å². The monoisotopic (exact) mass is 222 g/mol. The van der Waals surface area contributed by atoms with Crippen molar-refractivity contribution in [1.29, 1.82) is 0 Å². The van der Waals surface area contributed by atoms with Gasteiger partial charge in [0.25, 0.3) is 0 Å². The molecule has 1 aliphatic carbocycles. The predicted molar refractivity (Wildman–Crippen MR) is 62.7 cm³/mol. The summed E-state index contributed by atoms with van der Waals surface area (Å²) in [5, 5.41) is 10.6. The molecule has 1 aromatic rings. The Hall–Kier alpha value is -0.890. The van der Waals surface area contributed by atoms with E-state index in [4.69, 9.17) is 0 Å². The third kappa shape index (κ3) is 1.99. The van der Waals surface area contributed by atoms with Gasteiger partial charge in [-0.1, -0.05) is 26.3 Å². The fourth-order valence-corrected chi connectivity index (χ4v) is 2.63. The van der Waals surface area contributed by atoms with Crippen LogP contribution in [0.5, 0.6) is 0 Å². The fraction of sp³-hybridized carbons (Fsp3) is 0.571. The third-order valence-electron chi connectivity index (χ3n) is 3.76. The standard InChI is InChI=1S/C14H19FO/c1-3-10(2)9-14(16)7-6-11-8-12(15)4-5-13(11)14/h4-5,8,10,16H,3,6-7,9H2,1-2H3. The first-order valence-corrected chi connectivity index (χ1v) is 6.06. The molecule has 1 aliphatic rings. The van der Waals surface area contributed by atoms with Gasteiger partial charge in [0.2, 0.25) is 0 Å². The van der Waals surface area contributed by atoms with Gasteiger partial charge in [0.15, 0.2) is 0 Å². The van der Waals surface area contributed by atoms with Crippen LogP contribution in [0.2, 0.25) is 0 Å². The molecular weight excluding hydrogens is 203 g/mol. The van der Waals surface area contributed by atoms with Crippen molar-refractivity contribution in [3.63, 3.8) is 0 Å². The van der Waals surface area contributed by atoms with Gasteiger partial charge < -0.3 is 5.11 Å². The summed E-state index contributed by atoms with van der Waals surface area (Å²) in [5.41, 5.74) is 1.19. The number of hydrogen-bond acceptors (Lipinski definition) is 1. The Labute approximate surface area is 96.3 Å². The first kappa shape index (κ1) is 11.6. The minimum absolute atomic E-state index is 0.202. The Morgan fingerprint density at radius 1 is 1.50 bits per heavy atom. The maximum absolute atomic E-state index is 13.1. The number of hydrogen-bond donors (Lipinski definition) is 1. The summed E-state index contributed by atoms with van der Waals surface area (Å²) in [6.45, 7) is 4.29. The summed E-state index contributed by atoms with van der Waals surface area (Å²) >= 11 is 0. The van der Waals surface area contributed by atoms with E-state index in [9.17, 15) is 9.50 Å². The van der Waals surface area contributed by atoms with Gasteiger partial charge in [-0.2, -0.15) is 0 Å². The SMILES string of the molecule is CCC(C)CC1(O)CCc2cc(F)ccc21. The Bertz CT molecular complexity index is 388. The molecule has 2 unspecified atom stereocenters. The lowest BCUT2D eigenvalue weighted by molar-refractivity contribution is 0.0145. The van der Waals surface area contributed by atoms with Crippen LogP contribution in [-0.4, -0.2) is 5.11 Å². The van der Waals surface area contributed by atoms with Gasteiger partial charge in [0, 0.05) is 0 Å². The smallest absolute Gasteiger partial charge is 0.123 e. The van der Waals surface area contributed by atoms with E-state index >= 15 is 0 Å². The van der Waals surface area contributed by atoms with Crippen molar-refractivity contribution in [2.45, 2.75) is 45.1 Å². The molecule has 0 saturated heterocycles. The number of aliphatic hydroxyl groups is 1. The molecule has 2 heteroatoms. The average Bonchev–Trinajstić information content (AvgIpc) is 2.55. The molecule has 1 nitrogen and oxygen atoms in total. The van der Waals surface area contributed by atoms with Crippen molar-refractivity contribution in [3.05, 3.63) is 35.1 Å². The highest BCUT2D eigenvalue weighted by atomic mass is 19.1. The number of benzene rings is 1. The van der Waals surface area contributed by atoms with E-state index < -0.39 is 5.60 Å².